The Morgan fingerprint density at radius 1 is 1.12 bits per heavy atom. The molecule has 0 fully saturated rings. The summed E-state index contributed by atoms with van der Waals surface area (Å²) in [5, 5.41) is 3.01. The molecule has 0 aromatic heterocycles. The van der Waals surface area contributed by atoms with E-state index in [-0.39, 0.29) is 11.9 Å². The number of benzene rings is 2. The van der Waals surface area contributed by atoms with Crippen LogP contribution in [0.4, 0.5) is 0 Å². The van der Waals surface area contributed by atoms with Crippen molar-refractivity contribution in [2.24, 2.45) is 0 Å². The summed E-state index contributed by atoms with van der Waals surface area (Å²) in [6.07, 6.45) is 0.303. The molecule has 0 spiro atoms. The maximum atomic E-state index is 12.3. The van der Waals surface area contributed by atoms with Crippen LogP contribution in [-0.2, 0) is 11.2 Å². The Balaban J connectivity index is 1.60. The summed E-state index contributed by atoms with van der Waals surface area (Å²) >= 11 is 0. The first-order valence-electron chi connectivity index (χ1n) is 7.97. The molecule has 0 aliphatic carbocycles. The molecular formula is C19H21NO4. The van der Waals surface area contributed by atoms with E-state index < -0.39 is 0 Å². The summed E-state index contributed by atoms with van der Waals surface area (Å²) in [5.74, 6) is 2.20. The second-order valence-corrected chi connectivity index (χ2v) is 5.72. The highest BCUT2D eigenvalue weighted by atomic mass is 16.6. The van der Waals surface area contributed by atoms with Gasteiger partial charge in [0.1, 0.15) is 19.0 Å². The van der Waals surface area contributed by atoms with Gasteiger partial charge in [-0.05, 0) is 42.3 Å². The Labute approximate surface area is 141 Å². The van der Waals surface area contributed by atoms with Gasteiger partial charge in [-0.15, -0.1) is 0 Å². The lowest BCUT2D eigenvalue weighted by atomic mass is 10.1. The van der Waals surface area contributed by atoms with E-state index in [4.69, 9.17) is 14.2 Å². The molecule has 5 nitrogen and oxygen atoms in total. The van der Waals surface area contributed by atoms with Gasteiger partial charge in [0.15, 0.2) is 11.5 Å². The first kappa shape index (κ1) is 16.2. The molecule has 24 heavy (non-hydrogen) atoms. The van der Waals surface area contributed by atoms with Crippen molar-refractivity contribution < 1.29 is 19.0 Å². The van der Waals surface area contributed by atoms with E-state index in [9.17, 15) is 4.79 Å². The van der Waals surface area contributed by atoms with E-state index in [2.05, 4.69) is 5.32 Å². The molecule has 0 saturated carbocycles. The lowest BCUT2D eigenvalue weighted by Gasteiger charge is -2.19. The Bertz CT molecular complexity index is 712. The molecule has 0 bridgehead atoms. The molecule has 5 heteroatoms. The Kier molecular flexibility index (Phi) is 4.89. The van der Waals surface area contributed by atoms with Crippen molar-refractivity contribution in [3.63, 3.8) is 0 Å². The van der Waals surface area contributed by atoms with Crippen molar-refractivity contribution in [2.75, 3.05) is 20.3 Å². The van der Waals surface area contributed by atoms with Crippen LogP contribution in [-0.4, -0.2) is 26.2 Å². The number of fused-ring (bicyclic) bond motifs is 1. The molecule has 1 amide bonds. The van der Waals surface area contributed by atoms with Gasteiger partial charge in [-0.2, -0.15) is 0 Å². The van der Waals surface area contributed by atoms with E-state index in [0.717, 1.165) is 22.6 Å². The highest BCUT2D eigenvalue weighted by Gasteiger charge is 2.14. The standard InChI is InChI=1S/C19H21NO4/c1-13(15-4-6-16(22-2)7-5-15)20-19(21)12-14-3-8-17-18(11-14)24-10-9-23-17/h3-8,11,13H,9-10,12H2,1-2H3,(H,20,21)/t13-/m1/s1. The predicted molar refractivity (Wildman–Crippen MR) is 90.7 cm³/mol. The number of hydrogen-bond acceptors (Lipinski definition) is 4. The largest absolute Gasteiger partial charge is 0.497 e. The zero-order valence-electron chi connectivity index (χ0n) is 13.9. The van der Waals surface area contributed by atoms with Gasteiger partial charge < -0.3 is 19.5 Å². The van der Waals surface area contributed by atoms with Gasteiger partial charge in [0, 0.05) is 0 Å². The Morgan fingerprint density at radius 2 is 1.83 bits per heavy atom. The summed E-state index contributed by atoms with van der Waals surface area (Å²) in [4.78, 5) is 12.3. The zero-order valence-corrected chi connectivity index (χ0v) is 13.9. The maximum Gasteiger partial charge on any atom is 0.224 e. The average molecular weight is 327 g/mol. The molecule has 2 aromatic rings. The molecule has 2 aromatic carbocycles. The van der Waals surface area contributed by atoms with Gasteiger partial charge in [0.05, 0.1) is 19.6 Å². The number of ether oxygens (including phenoxy) is 3. The van der Waals surface area contributed by atoms with Gasteiger partial charge >= 0.3 is 0 Å². The van der Waals surface area contributed by atoms with Crippen LogP contribution < -0.4 is 19.5 Å². The van der Waals surface area contributed by atoms with Crippen LogP contribution in [0.25, 0.3) is 0 Å². The number of amides is 1. The quantitative estimate of drug-likeness (QED) is 0.917. The zero-order chi connectivity index (χ0) is 16.9. The minimum absolute atomic E-state index is 0.0324. The minimum atomic E-state index is -0.0689. The topological polar surface area (TPSA) is 56.8 Å². The monoisotopic (exact) mass is 327 g/mol. The van der Waals surface area contributed by atoms with Crippen LogP contribution in [0.2, 0.25) is 0 Å². The van der Waals surface area contributed by atoms with E-state index >= 15 is 0 Å². The molecule has 0 unspecified atom stereocenters. The van der Waals surface area contributed by atoms with Gasteiger partial charge in [-0.25, -0.2) is 0 Å². The fourth-order valence-corrected chi connectivity index (χ4v) is 2.65. The summed E-state index contributed by atoms with van der Waals surface area (Å²) in [7, 11) is 1.63. The highest BCUT2D eigenvalue weighted by molar-refractivity contribution is 5.79. The average Bonchev–Trinajstić information content (AvgIpc) is 2.61. The molecular weight excluding hydrogens is 306 g/mol. The maximum absolute atomic E-state index is 12.3. The summed E-state index contributed by atoms with van der Waals surface area (Å²) < 4.78 is 16.2. The van der Waals surface area contributed by atoms with E-state index in [1.807, 2.05) is 49.4 Å². The van der Waals surface area contributed by atoms with Crippen LogP contribution in [0.15, 0.2) is 42.5 Å². The summed E-state index contributed by atoms with van der Waals surface area (Å²) in [6, 6.07) is 13.2. The third-order valence-electron chi connectivity index (χ3n) is 3.96. The summed E-state index contributed by atoms with van der Waals surface area (Å²) in [5.41, 5.74) is 1.94. The fourth-order valence-electron chi connectivity index (χ4n) is 2.65. The first-order valence-corrected chi connectivity index (χ1v) is 7.97. The molecule has 1 aliphatic heterocycles. The third kappa shape index (κ3) is 3.79. The molecule has 1 aliphatic rings. The fraction of sp³-hybridized carbons (Fsp3) is 0.316. The van der Waals surface area contributed by atoms with E-state index in [1.165, 1.54) is 0 Å². The van der Waals surface area contributed by atoms with E-state index in [0.29, 0.717) is 25.4 Å². The third-order valence-corrected chi connectivity index (χ3v) is 3.96. The number of methoxy groups -OCH3 is 1. The molecule has 3 rings (SSSR count). The van der Waals surface area contributed by atoms with Crippen LogP contribution in [0.3, 0.4) is 0 Å². The van der Waals surface area contributed by atoms with Crippen molar-refractivity contribution in [3.8, 4) is 17.2 Å². The lowest BCUT2D eigenvalue weighted by molar-refractivity contribution is -0.121. The lowest BCUT2D eigenvalue weighted by Crippen LogP contribution is -2.28. The van der Waals surface area contributed by atoms with E-state index in [1.54, 1.807) is 7.11 Å². The predicted octanol–water partition coefficient (Wildman–Crippen LogP) is 2.89. The van der Waals surface area contributed by atoms with Crippen LogP contribution >= 0.6 is 0 Å². The molecule has 1 N–H and O–H groups in total. The SMILES string of the molecule is COc1ccc([C@@H](C)NC(=O)Cc2ccc3c(c2)OCCO3)cc1. The molecule has 1 atom stereocenters. The number of hydrogen-bond donors (Lipinski definition) is 1. The molecule has 126 valence electrons. The number of nitrogens with one attached hydrogen (secondary N) is 1. The summed E-state index contributed by atoms with van der Waals surface area (Å²) in [6.45, 7) is 3.06. The van der Waals surface area contributed by atoms with Crippen molar-refractivity contribution >= 4 is 5.91 Å². The highest BCUT2D eigenvalue weighted by Crippen LogP contribution is 2.30. The van der Waals surface area contributed by atoms with Crippen molar-refractivity contribution in [1.82, 2.24) is 5.32 Å². The van der Waals surface area contributed by atoms with Gasteiger partial charge in [0.25, 0.3) is 0 Å². The van der Waals surface area contributed by atoms with Crippen molar-refractivity contribution in [1.29, 1.82) is 0 Å². The second kappa shape index (κ2) is 7.25. The van der Waals surface area contributed by atoms with Crippen molar-refractivity contribution in [3.05, 3.63) is 53.6 Å². The Hall–Kier alpha value is -2.69. The molecule has 1 heterocycles. The van der Waals surface area contributed by atoms with Crippen LogP contribution in [0, 0.1) is 0 Å². The van der Waals surface area contributed by atoms with Crippen LogP contribution in [0.5, 0.6) is 17.2 Å². The molecule has 0 saturated heterocycles. The first-order chi connectivity index (χ1) is 11.7. The number of carbonyl (C=O) groups is 1. The van der Waals surface area contributed by atoms with Gasteiger partial charge in [-0.3, -0.25) is 4.79 Å². The smallest absolute Gasteiger partial charge is 0.224 e. The van der Waals surface area contributed by atoms with Gasteiger partial charge in [0.2, 0.25) is 5.91 Å². The molecule has 0 radical (unpaired) electrons. The van der Waals surface area contributed by atoms with Crippen LogP contribution in [0.1, 0.15) is 24.1 Å². The number of carbonyl (C=O) groups excluding carboxylic acids is 1. The van der Waals surface area contributed by atoms with Gasteiger partial charge in [-0.1, -0.05) is 18.2 Å². The van der Waals surface area contributed by atoms with Crippen molar-refractivity contribution in [2.45, 2.75) is 19.4 Å². The second-order valence-electron chi connectivity index (χ2n) is 5.72. The number of rotatable bonds is 5. The minimum Gasteiger partial charge on any atom is -0.497 e. The normalized spacial score (nSPS) is 13.9. The Morgan fingerprint density at radius 3 is 2.54 bits per heavy atom.